The van der Waals surface area contributed by atoms with E-state index in [0.29, 0.717) is 32.8 Å². The van der Waals surface area contributed by atoms with E-state index in [2.05, 4.69) is 21.2 Å². The van der Waals surface area contributed by atoms with Gasteiger partial charge in [0.15, 0.2) is 18.1 Å². The number of carbonyl (C=O) groups excluding carboxylic acids is 3. The van der Waals surface area contributed by atoms with Crippen LogP contribution < -0.4 is 25.5 Å². The molecule has 170 valence electrons. The molecule has 0 spiro atoms. The van der Waals surface area contributed by atoms with E-state index in [1.54, 1.807) is 44.2 Å². The Balaban J connectivity index is 1.93. The number of rotatable bonds is 8. The van der Waals surface area contributed by atoms with E-state index in [9.17, 15) is 14.4 Å². The summed E-state index contributed by atoms with van der Waals surface area (Å²) in [7, 11) is 1.44. The molecule has 0 aromatic heterocycles. The highest BCUT2D eigenvalue weighted by molar-refractivity contribution is 6.42. The van der Waals surface area contributed by atoms with Gasteiger partial charge in [-0.2, -0.15) is 5.10 Å². The number of carbonyl (C=O) groups is 3. The maximum absolute atomic E-state index is 12.1. The summed E-state index contributed by atoms with van der Waals surface area (Å²) in [4.78, 5) is 35.3. The molecule has 2 aromatic carbocycles. The number of anilines is 1. The van der Waals surface area contributed by atoms with Gasteiger partial charge in [-0.1, -0.05) is 23.2 Å². The molecular weight excluding hydrogens is 459 g/mol. The summed E-state index contributed by atoms with van der Waals surface area (Å²) >= 11 is 11.8. The number of nitrogens with one attached hydrogen (secondary N) is 3. The third-order valence-corrected chi connectivity index (χ3v) is 4.49. The van der Waals surface area contributed by atoms with E-state index in [1.165, 1.54) is 19.4 Å². The quantitative estimate of drug-likeness (QED) is 0.305. The molecule has 0 heterocycles. The first-order chi connectivity index (χ1) is 15.2. The maximum atomic E-state index is 12.1. The summed E-state index contributed by atoms with van der Waals surface area (Å²) in [6, 6.07) is 9.37. The van der Waals surface area contributed by atoms with Crippen LogP contribution in [0.4, 0.5) is 5.69 Å². The lowest BCUT2D eigenvalue weighted by Gasteiger charge is -2.12. The van der Waals surface area contributed by atoms with Crippen LogP contribution in [0.15, 0.2) is 41.5 Å². The lowest BCUT2D eigenvalue weighted by molar-refractivity contribution is -0.139. The van der Waals surface area contributed by atoms with Crippen LogP contribution in [0.3, 0.4) is 0 Å². The Morgan fingerprint density at radius 2 is 1.78 bits per heavy atom. The molecule has 0 saturated heterocycles. The van der Waals surface area contributed by atoms with Crippen LogP contribution >= 0.6 is 23.2 Å². The first kappa shape index (κ1) is 25.0. The molecule has 0 aliphatic heterocycles. The SMILES string of the molecule is COc1cc(/C=N/NC(=O)C(=O)NC(C)C)ccc1OCC(=O)Nc1ccc(Cl)c(Cl)c1. The molecule has 0 unspecified atom stereocenters. The number of methoxy groups -OCH3 is 1. The van der Waals surface area contributed by atoms with Crippen molar-refractivity contribution >= 4 is 52.8 Å². The molecule has 2 aromatic rings. The van der Waals surface area contributed by atoms with Crippen LogP contribution in [-0.2, 0) is 14.4 Å². The fraction of sp³-hybridized carbons (Fsp3) is 0.238. The number of hydrogen-bond acceptors (Lipinski definition) is 6. The topological polar surface area (TPSA) is 118 Å². The predicted octanol–water partition coefficient (Wildman–Crippen LogP) is 2.99. The molecule has 0 bridgehead atoms. The Hall–Kier alpha value is -3.30. The van der Waals surface area contributed by atoms with Gasteiger partial charge in [-0.3, -0.25) is 14.4 Å². The van der Waals surface area contributed by atoms with Gasteiger partial charge >= 0.3 is 11.8 Å². The van der Waals surface area contributed by atoms with E-state index >= 15 is 0 Å². The van der Waals surface area contributed by atoms with Crippen LogP contribution in [-0.4, -0.2) is 43.7 Å². The molecule has 32 heavy (non-hydrogen) atoms. The summed E-state index contributed by atoms with van der Waals surface area (Å²) in [5, 5.41) is 9.55. The molecule has 3 N–H and O–H groups in total. The van der Waals surface area contributed by atoms with Crippen molar-refractivity contribution in [1.29, 1.82) is 0 Å². The van der Waals surface area contributed by atoms with Gasteiger partial charge in [0.05, 0.1) is 23.4 Å². The number of amides is 3. The largest absolute Gasteiger partial charge is 0.493 e. The second-order valence-corrected chi connectivity index (χ2v) is 7.52. The van der Waals surface area contributed by atoms with Gasteiger partial charge in [0.1, 0.15) is 0 Å². The molecule has 0 aliphatic carbocycles. The van der Waals surface area contributed by atoms with Gasteiger partial charge in [0, 0.05) is 11.7 Å². The van der Waals surface area contributed by atoms with Gasteiger partial charge in [0.25, 0.3) is 5.91 Å². The number of nitrogens with zero attached hydrogens (tertiary/aromatic N) is 1. The Labute approximate surface area is 195 Å². The Bertz CT molecular complexity index is 1030. The monoisotopic (exact) mass is 480 g/mol. The molecule has 2 rings (SSSR count). The van der Waals surface area contributed by atoms with Gasteiger partial charge < -0.3 is 20.1 Å². The zero-order valence-corrected chi connectivity index (χ0v) is 19.1. The average molecular weight is 481 g/mol. The van der Waals surface area contributed by atoms with E-state index in [0.717, 1.165) is 0 Å². The normalized spacial score (nSPS) is 10.7. The molecule has 9 nitrogen and oxygen atoms in total. The van der Waals surface area contributed by atoms with Gasteiger partial charge in [-0.05, 0) is 55.8 Å². The molecular formula is C21H22Cl2N4O5. The number of hydrazone groups is 1. The van der Waals surface area contributed by atoms with Crippen molar-refractivity contribution in [2.75, 3.05) is 19.0 Å². The fourth-order valence-electron chi connectivity index (χ4n) is 2.34. The molecule has 3 amide bonds. The Kier molecular flexibility index (Phi) is 9.30. The second-order valence-electron chi connectivity index (χ2n) is 6.70. The van der Waals surface area contributed by atoms with Gasteiger partial charge in [-0.15, -0.1) is 0 Å². The van der Waals surface area contributed by atoms with E-state index < -0.39 is 17.7 Å². The lowest BCUT2D eigenvalue weighted by Crippen LogP contribution is -2.41. The van der Waals surface area contributed by atoms with E-state index in [1.807, 2.05) is 0 Å². The average Bonchev–Trinajstić information content (AvgIpc) is 2.74. The molecule has 0 radical (unpaired) electrons. The third-order valence-electron chi connectivity index (χ3n) is 3.76. The van der Waals surface area contributed by atoms with Crippen molar-refractivity contribution in [2.24, 2.45) is 5.10 Å². The Morgan fingerprint density at radius 3 is 2.44 bits per heavy atom. The molecule has 0 saturated carbocycles. The van der Waals surface area contributed by atoms with Crippen molar-refractivity contribution in [3.8, 4) is 11.5 Å². The van der Waals surface area contributed by atoms with Crippen LogP contribution in [0, 0.1) is 0 Å². The van der Waals surface area contributed by atoms with Crippen molar-refractivity contribution in [1.82, 2.24) is 10.7 Å². The Morgan fingerprint density at radius 1 is 1.03 bits per heavy atom. The van der Waals surface area contributed by atoms with Crippen molar-refractivity contribution in [2.45, 2.75) is 19.9 Å². The van der Waals surface area contributed by atoms with Crippen molar-refractivity contribution < 1.29 is 23.9 Å². The third kappa shape index (κ3) is 7.75. The molecule has 0 fully saturated rings. The smallest absolute Gasteiger partial charge is 0.329 e. The zero-order chi connectivity index (χ0) is 23.7. The minimum Gasteiger partial charge on any atom is -0.493 e. The lowest BCUT2D eigenvalue weighted by atomic mass is 10.2. The number of halogens is 2. The first-order valence-electron chi connectivity index (χ1n) is 9.39. The predicted molar refractivity (Wildman–Crippen MR) is 123 cm³/mol. The summed E-state index contributed by atoms with van der Waals surface area (Å²) in [6.07, 6.45) is 1.34. The van der Waals surface area contributed by atoms with E-state index in [-0.39, 0.29) is 12.6 Å². The minimum absolute atomic E-state index is 0.167. The van der Waals surface area contributed by atoms with Crippen molar-refractivity contribution in [3.63, 3.8) is 0 Å². The first-order valence-corrected chi connectivity index (χ1v) is 10.1. The number of benzene rings is 2. The summed E-state index contributed by atoms with van der Waals surface area (Å²) < 4.78 is 10.8. The highest BCUT2D eigenvalue weighted by Gasteiger charge is 2.13. The van der Waals surface area contributed by atoms with Crippen molar-refractivity contribution in [3.05, 3.63) is 52.0 Å². The van der Waals surface area contributed by atoms with Crippen LogP contribution in [0.2, 0.25) is 10.0 Å². The fourth-order valence-corrected chi connectivity index (χ4v) is 2.64. The van der Waals surface area contributed by atoms with Crippen LogP contribution in [0.1, 0.15) is 19.4 Å². The summed E-state index contributed by atoms with van der Waals surface area (Å²) in [5.74, 6) is -1.39. The van der Waals surface area contributed by atoms with Crippen LogP contribution in [0.25, 0.3) is 0 Å². The zero-order valence-electron chi connectivity index (χ0n) is 17.6. The molecule has 0 atom stereocenters. The van der Waals surface area contributed by atoms with Gasteiger partial charge in [0.2, 0.25) is 0 Å². The number of ether oxygens (including phenoxy) is 2. The maximum Gasteiger partial charge on any atom is 0.329 e. The summed E-state index contributed by atoms with van der Waals surface area (Å²) in [6.45, 7) is 3.20. The molecule has 0 aliphatic rings. The number of hydrogen-bond donors (Lipinski definition) is 3. The summed E-state index contributed by atoms with van der Waals surface area (Å²) in [5.41, 5.74) is 3.19. The minimum atomic E-state index is -0.880. The highest BCUT2D eigenvalue weighted by atomic mass is 35.5. The van der Waals surface area contributed by atoms with E-state index in [4.69, 9.17) is 32.7 Å². The van der Waals surface area contributed by atoms with Gasteiger partial charge in [-0.25, -0.2) is 5.43 Å². The molecule has 11 heteroatoms. The van der Waals surface area contributed by atoms with Crippen LogP contribution in [0.5, 0.6) is 11.5 Å². The standard InChI is InChI=1S/C21H22Cl2N4O5/c1-12(2)25-20(29)21(30)27-24-10-13-4-7-17(18(8-13)31-3)32-11-19(28)26-14-5-6-15(22)16(23)9-14/h4-10,12H,11H2,1-3H3,(H,25,29)(H,26,28)(H,27,30)/b24-10+. The highest BCUT2D eigenvalue weighted by Crippen LogP contribution is 2.28. The second kappa shape index (κ2) is 11.9.